The molecule has 3 rings (SSSR count). The van der Waals surface area contributed by atoms with Gasteiger partial charge < -0.3 is 21.1 Å². The average Bonchev–Trinajstić information content (AvgIpc) is 2.79. The summed E-state index contributed by atoms with van der Waals surface area (Å²) >= 11 is 0. The van der Waals surface area contributed by atoms with Crippen LogP contribution in [0.5, 0.6) is 5.75 Å². The van der Waals surface area contributed by atoms with E-state index < -0.39 is 6.04 Å². The van der Waals surface area contributed by atoms with Crippen molar-refractivity contribution in [2.45, 2.75) is 45.1 Å². The fourth-order valence-corrected chi connectivity index (χ4v) is 3.53. The highest BCUT2D eigenvalue weighted by atomic mass is 16.3. The van der Waals surface area contributed by atoms with Crippen LogP contribution < -0.4 is 16.6 Å². The molecule has 0 saturated carbocycles. The summed E-state index contributed by atoms with van der Waals surface area (Å²) in [7, 11) is 0. The lowest BCUT2D eigenvalue weighted by Gasteiger charge is -2.13. The number of aromatic nitrogens is 2. The van der Waals surface area contributed by atoms with E-state index in [4.69, 9.17) is 5.73 Å². The van der Waals surface area contributed by atoms with E-state index in [0.29, 0.717) is 37.9 Å². The lowest BCUT2D eigenvalue weighted by atomic mass is 10.1. The molecule has 0 saturated heterocycles. The molecule has 0 fully saturated rings. The number of aromatic amines is 1. The van der Waals surface area contributed by atoms with Crippen LogP contribution >= 0.6 is 0 Å². The number of phenols is 1. The summed E-state index contributed by atoms with van der Waals surface area (Å²) in [5.74, 6) is -0.0449. The van der Waals surface area contributed by atoms with Crippen LogP contribution in [0.3, 0.4) is 0 Å². The van der Waals surface area contributed by atoms with Gasteiger partial charge in [-0.25, -0.2) is 0 Å². The second-order valence-corrected chi connectivity index (χ2v) is 7.93. The second-order valence-electron chi connectivity index (χ2n) is 7.93. The Balaban J connectivity index is 1.45. The molecule has 2 aromatic carbocycles. The van der Waals surface area contributed by atoms with Crippen molar-refractivity contribution in [1.29, 1.82) is 0 Å². The molecule has 5 N–H and O–H groups in total. The van der Waals surface area contributed by atoms with Gasteiger partial charge in [-0.1, -0.05) is 42.5 Å². The van der Waals surface area contributed by atoms with Crippen LogP contribution in [0.25, 0.3) is 0 Å². The molecular formula is C25H30N4O3. The molecule has 7 heteroatoms. The zero-order valence-corrected chi connectivity index (χ0v) is 18.3. The maximum absolute atomic E-state index is 12.4. The molecule has 1 amide bonds. The zero-order valence-electron chi connectivity index (χ0n) is 18.3. The fraction of sp³-hybridized carbons (Fsp3) is 0.320. The van der Waals surface area contributed by atoms with Crippen LogP contribution in [-0.4, -0.2) is 33.6 Å². The van der Waals surface area contributed by atoms with Gasteiger partial charge in [-0.15, -0.1) is 0 Å². The Labute approximate surface area is 187 Å². The number of nitrogens with one attached hydrogen (secondary N) is 2. The van der Waals surface area contributed by atoms with Gasteiger partial charge >= 0.3 is 0 Å². The highest BCUT2D eigenvalue weighted by molar-refractivity contribution is 5.81. The molecule has 0 unspecified atom stereocenters. The van der Waals surface area contributed by atoms with Gasteiger partial charge in [0.2, 0.25) is 5.91 Å². The average molecular weight is 435 g/mol. The number of aromatic hydroxyl groups is 1. The fourth-order valence-electron chi connectivity index (χ4n) is 3.53. The van der Waals surface area contributed by atoms with E-state index >= 15 is 0 Å². The normalized spacial score (nSPS) is 11.8. The minimum absolute atomic E-state index is 0.151. The third kappa shape index (κ3) is 6.78. The molecule has 0 aliphatic heterocycles. The van der Waals surface area contributed by atoms with Gasteiger partial charge in [0.05, 0.1) is 11.7 Å². The Hall–Kier alpha value is -3.45. The van der Waals surface area contributed by atoms with Crippen LogP contribution in [0, 0.1) is 6.92 Å². The number of rotatable bonds is 10. The van der Waals surface area contributed by atoms with Crippen molar-refractivity contribution in [3.63, 3.8) is 0 Å². The van der Waals surface area contributed by atoms with Crippen molar-refractivity contribution in [2.24, 2.45) is 5.73 Å². The number of nitrogens with two attached hydrogens (primary N) is 1. The maximum atomic E-state index is 12.4. The van der Waals surface area contributed by atoms with Gasteiger partial charge in [0.1, 0.15) is 11.4 Å². The SMILES string of the molecule is Cc1nc(CCc2ccccc2)c(=O)[nH]c1CCCNC(=O)[C@@H](N)Cc1ccc(O)cc1. The molecule has 32 heavy (non-hydrogen) atoms. The molecule has 0 aliphatic carbocycles. The Kier molecular flexibility index (Phi) is 8.16. The van der Waals surface area contributed by atoms with Crippen LogP contribution in [0.1, 0.15) is 34.6 Å². The van der Waals surface area contributed by atoms with Crippen LogP contribution in [0.15, 0.2) is 59.4 Å². The lowest BCUT2D eigenvalue weighted by Crippen LogP contribution is -2.42. The standard InChI is InChI=1S/C25H30N4O3/c1-17-22(29-25(32)23(28-17)14-11-18-6-3-2-4-7-18)8-5-15-27-24(31)21(26)16-19-9-12-20(30)13-10-19/h2-4,6-7,9-10,12-13,21,30H,5,8,11,14-16,26H2,1H3,(H,27,31)(H,29,32)/t21-/m0/s1. The van der Waals surface area contributed by atoms with Gasteiger partial charge in [-0.05, 0) is 62.3 Å². The van der Waals surface area contributed by atoms with Gasteiger partial charge in [0, 0.05) is 12.2 Å². The van der Waals surface area contributed by atoms with Gasteiger partial charge in [0.15, 0.2) is 0 Å². The van der Waals surface area contributed by atoms with Crippen LogP contribution in [-0.2, 0) is 30.5 Å². The first kappa shape index (κ1) is 23.2. The summed E-state index contributed by atoms with van der Waals surface area (Å²) in [6.07, 6.45) is 3.04. The Bertz CT molecular complexity index is 1080. The largest absolute Gasteiger partial charge is 0.508 e. The zero-order chi connectivity index (χ0) is 22.9. The summed E-state index contributed by atoms with van der Waals surface area (Å²) < 4.78 is 0. The van der Waals surface area contributed by atoms with E-state index in [1.54, 1.807) is 24.3 Å². The summed E-state index contributed by atoms with van der Waals surface area (Å²) in [5.41, 5.74) is 10.0. The van der Waals surface area contributed by atoms with E-state index in [0.717, 1.165) is 23.4 Å². The second kappa shape index (κ2) is 11.2. The van der Waals surface area contributed by atoms with Gasteiger partial charge in [-0.2, -0.15) is 0 Å². The lowest BCUT2D eigenvalue weighted by molar-refractivity contribution is -0.122. The number of H-pyrrole nitrogens is 1. The minimum Gasteiger partial charge on any atom is -0.508 e. The predicted molar refractivity (Wildman–Crippen MR) is 125 cm³/mol. The highest BCUT2D eigenvalue weighted by Crippen LogP contribution is 2.11. The molecule has 1 aromatic heterocycles. The number of benzene rings is 2. The van der Waals surface area contributed by atoms with Crippen molar-refractivity contribution >= 4 is 5.91 Å². The quantitative estimate of drug-likeness (QED) is 0.365. The third-order valence-electron chi connectivity index (χ3n) is 5.39. The predicted octanol–water partition coefficient (Wildman–Crippen LogP) is 2.19. The van der Waals surface area contributed by atoms with E-state index in [-0.39, 0.29) is 17.2 Å². The Morgan fingerprint density at radius 3 is 2.50 bits per heavy atom. The number of aryl methyl sites for hydroxylation is 4. The van der Waals surface area contributed by atoms with Crippen molar-refractivity contribution in [3.05, 3.63) is 93.2 Å². The summed E-state index contributed by atoms with van der Waals surface area (Å²) in [6, 6.07) is 16.0. The van der Waals surface area contributed by atoms with Crippen LogP contribution in [0.2, 0.25) is 0 Å². The van der Waals surface area contributed by atoms with E-state index in [9.17, 15) is 14.7 Å². The Morgan fingerprint density at radius 1 is 1.06 bits per heavy atom. The molecule has 3 aromatic rings. The number of hydrogen-bond donors (Lipinski definition) is 4. The molecular weight excluding hydrogens is 404 g/mol. The smallest absolute Gasteiger partial charge is 0.269 e. The maximum Gasteiger partial charge on any atom is 0.269 e. The molecule has 0 radical (unpaired) electrons. The first-order valence-electron chi connectivity index (χ1n) is 10.9. The van der Waals surface area contributed by atoms with Crippen molar-refractivity contribution < 1.29 is 9.90 Å². The van der Waals surface area contributed by atoms with Gasteiger partial charge in [-0.3, -0.25) is 14.6 Å². The Morgan fingerprint density at radius 2 is 1.78 bits per heavy atom. The first-order chi connectivity index (χ1) is 15.4. The van der Waals surface area contributed by atoms with E-state index in [1.807, 2.05) is 37.3 Å². The highest BCUT2D eigenvalue weighted by Gasteiger charge is 2.14. The minimum atomic E-state index is -0.661. The molecule has 7 nitrogen and oxygen atoms in total. The van der Waals surface area contributed by atoms with Gasteiger partial charge in [0.25, 0.3) is 5.56 Å². The van der Waals surface area contributed by atoms with Crippen molar-refractivity contribution in [1.82, 2.24) is 15.3 Å². The molecule has 0 bridgehead atoms. The van der Waals surface area contributed by atoms with Crippen molar-refractivity contribution in [3.8, 4) is 5.75 Å². The summed E-state index contributed by atoms with van der Waals surface area (Å²) in [6.45, 7) is 2.35. The number of phenolic OH excluding ortho intramolecular Hbond substituents is 1. The number of hydrogen-bond acceptors (Lipinski definition) is 5. The molecule has 1 atom stereocenters. The summed E-state index contributed by atoms with van der Waals surface area (Å²) in [4.78, 5) is 32.1. The topological polar surface area (TPSA) is 121 Å². The van der Waals surface area contributed by atoms with E-state index in [1.165, 1.54) is 5.56 Å². The van der Waals surface area contributed by atoms with Crippen molar-refractivity contribution in [2.75, 3.05) is 6.54 Å². The first-order valence-corrected chi connectivity index (χ1v) is 10.9. The number of carbonyl (C=O) groups is 1. The van der Waals surface area contributed by atoms with E-state index in [2.05, 4.69) is 15.3 Å². The van der Waals surface area contributed by atoms with Crippen LogP contribution in [0.4, 0.5) is 0 Å². The number of amides is 1. The monoisotopic (exact) mass is 434 g/mol. The molecule has 1 heterocycles. The summed E-state index contributed by atoms with van der Waals surface area (Å²) in [5, 5.41) is 12.2. The molecule has 0 spiro atoms. The third-order valence-corrected chi connectivity index (χ3v) is 5.39. The molecule has 168 valence electrons. The molecule has 0 aliphatic rings. The number of carbonyl (C=O) groups excluding carboxylic acids is 1. The number of nitrogens with zero attached hydrogens (tertiary/aromatic N) is 1.